The van der Waals surface area contributed by atoms with Crippen LogP contribution in [0.1, 0.15) is 41.0 Å². The fourth-order valence-electron chi connectivity index (χ4n) is 0.246. The van der Waals surface area contributed by atoms with E-state index >= 15 is 0 Å². The molecule has 0 aromatic carbocycles. The Morgan fingerprint density at radius 1 is 1.40 bits per heavy atom. The molecule has 0 heterocycles. The van der Waals surface area contributed by atoms with Crippen LogP contribution in [0, 0.1) is 0 Å². The van der Waals surface area contributed by atoms with E-state index in [1.807, 2.05) is 33.8 Å². The summed E-state index contributed by atoms with van der Waals surface area (Å²) in [6.45, 7) is 16.7. The van der Waals surface area contributed by atoms with Crippen LogP contribution < -0.4 is 0 Å². The molecule has 0 rings (SSSR count). The molecule has 0 aliphatic carbocycles. The number of aldehydes is 1. The third kappa shape index (κ3) is 62.0. The van der Waals surface area contributed by atoms with Gasteiger partial charge in [-0.25, -0.2) is 0 Å². The van der Waals surface area contributed by atoms with Crippen molar-refractivity contribution in [2.45, 2.75) is 46.6 Å². The van der Waals surface area contributed by atoms with Gasteiger partial charge in [0.05, 0.1) is 5.60 Å². The molecular weight excluding hydrogens is 188 g/mol. The number of ether oxygens (including phenoxy) is 1. The molecule has 0 aliphatic heterocycles. The van der Waals surface area contributed by atoms with Gasteiger partial charge in [-0.1, -0.05) is 18.2 Å². The maximum atomic E-state index is 8.81. The first-order valence-electron chi connectivity index (χ1n) is 4.95. The third-order valence-electron chi connectivity index (χ3n) is 1.11. The summed E-state index contributed by atoms with van der Waals surface area (Å²) in [7, 11) is 1.71. The Kier molecular flexibility index (Phi) is 17.2. The van der Waals surface area contributed by atoms with Gasteiger partial charge in [-0.05, 0) is 41.0 Å². The fraction of sp³-hybridized carbons (Fsp3) is 0.615. The van der Waals surface area contributed by atoms with Crippen molar-refractivity contribution in [2.24, 2.45) is 0 Å². The second-order valence-corrected chi connectivity index (χ2v) is 4.00. The first kappa shape index (κ1) is 19.6. The molecule has 2 heteroatoms. The zero-order chi connectivity index (χ0) is 12.9. The Labute approximate surface area is 95.0 Å². The van der Waals surface area contributed by atoms with Gasteiger partial charge in [0.15, 0.2) is 0 Å². The summed E-state index contributed by atoms with van der Waals surface area (Å²) in [6.07, 6.45) is 3.54. The summed E-state index contributed by atoms with van der Waals surface area (Å²) in [5, 5.41) is 0. The molecule has 0 amide bonds. The zero-order valence-electron chi connectivity index (χ0n) is 11.1. The number of rotatable bonds is 2. The van der Waals surface area contributed by atoms with Crippen LogP contribution in [0.3, 0.4) is 0 Å². The highest BCUT2D eigenvalue weighted by molar-refractivity contribution is 5.44. The minimum absolute atomic E-state index is 0.0417. The van der Waals surface area contributed by atoms with Gasteiger partial charge >= 0.3 is 0 Å². The van der Waals surface area contributed by atoms with E-state index in [1.165, 1.54) is 12.5 Å². The van der Waals surface area contributed by atoms with Gasteiger partial charge in [0.25, 0.3) is 0 Å². The summed E-state index contributed by atoms with van der Waals surface area (Å²) in [6, 6.07) is 0. The van der Waals surface area contributed by atoms with Crippen molar-refractivity contribution in [3.63, 3.8) is 0 Å². The summed E-state index contributed by atoms with van der Waals surface area (Å²) < 4.78 is 4.94. The van der Waals surface area contributed by atoms with E-state index in [9.17, 15) is 0 Å². The molecule has 0 saturated carbocycles. The van der Waals surface area contributed by atoms with Crippen molar-refractivity contribution in [3.05, 3.63) is 24.8 Å². The lowest BCUT2D eigenvalue weighted by atomic mass is 10.2. The molecule has 0 radical (unpaired) electrons. The molecule has 15 heavy (non-hydrogen) atoms. The van der Waals surface area contributed by atoms with Gasteiger partial charge in [-0.3, -0.25) is 0 Å². The van der Waals surface area contributed by atoms with Crippen LogP contribution in [0.4, 0.5) is 0 Å². The highest BCUT2D eigenvalue weighted by Crippen LogP contribution is 2.02. The number of carbonyl (C=O) groups excluding carboxylic acids is 1. The summed E-state index contributed by atoms with van der Waals surface area (Å²) >= 11 is 0. The number of methoxy groups -OCH3 is 1. The Morgan fingerprint density at radius 2 is 1.67 bits per heavy atom. The van der Waals surface area contributed by atoms with Crippen LogP contribution >= 0.6 is 0 Å². The summed E-state index contributed by atoms with van der Waals surface area (Å²) in [5.74, 6) is 0. The quantitative estimate of drug-likeness (QED) is 0.516. The lowest BCUT2D eigenvalue weighted by molar-refractivity contribution is -0.106. The van der Waals surface area contributed by atoms with E-state index in [0.29, 0.717) is 0 Å². The van der Waals surface area contributed by atoms with Crippen LogP contribution in [-0.4, -0.2) is 19.0 Å². The summed E-state index contributed by atoms with van der Waals surface area (Å²) in [5.41, 5.74) is 1.21. The average Bonchev–Trinajstić information content (AvgIpc) is 2.05. The fourth-order valence-corrected chi connectivity index (χ4v) is 0.246. The molecule has 0 unspecified atom stereocenters. The van der Waals surface area contributed by atoms with Gasteiger partial charge in [-0.2, -0.15) is 0 Å². The van der Waals surface area contributed by atoms with E-state index in [2.05, 4.69) is 13.2 Å². The second kappa shape index (κ2) is 13.1. The van der Waals surface area contributed by atoms with E-state index < -0.39 is 0 Å². The number of allylic oxidation sites excluding steroid dienone is 2. The summed E-state index contributed by atoms with van der Waals surface area (Å²) in [4.78, 5) is 8.81. The van der Waals surface area contributed by atoms with Crippen molar-refractivity contribution < 1.29 is 9.53 Å². The molecule has 0 atom stereocenters. The normalized spacial score (nSPS) is 8.67. The molecule has 0 saturated heterocycles. The van der Waals surface area contributed by atoms with Crippen molar-refractivity contribution in [1.29, 1.82) is 0 Å². The van der Waals surface area contributed by atoms with Crippen molar-refractivity contribution in [3.8, 4) is 0 Å². The highest BCUT2D eigenvalue weighted by Gasteiger charge is 2.03. The molecule has 2 nitrogen and oxygen atoms in total. The van der Waals surface area contributed by atoms with E-state index in [0.717, 1.165) is 12.7 Å². The predicted octanol–water partition coefficient (Wildman–Crippen LogP) is 3.78. The lowest BCUT2D eigenvalue weighted by Crippen LogP contribution is -2.15. The molecule has 0 aromatic rings. The Bertz CT molecular complexity index is 164. The molecular formula is C13H26O2. The lowest BCUT2D eigenvalue weighted by Gasteiger charge is -2.14. The Morgan fingerprint density at radius 3 is 1.67 bits per heavy atom. The van der Waals surface area contributed by atoms with E-state index in [-0.39, 0.29) is 5.60 Å². The minimum atomic E-state index is 0.0417. The van der Waals surface area contributed by atoms with Gasteiger partial charge in [0.1, 0.15) is 6.29 Å². The second-order valence-electron chi connectivity index (χ2n) is 4.00. The SMILES string of the molecule is C=CCC(=C)C.CC=O.COC(C)(C)C. The van der Waals surface area contributed by atoms with E-state index in [4.69, 9.17) is 9.53 Å². The van der Waals surface area contributed by atoms with Crippen molar-refractivity contribution in [1.82, 2.24) is 0 Å². The first-order valence-corrected chi connectivity index (χ1v) is 4.95. The van der Waals surface area contributed by atoms with Crippen LogP contribution in [-0.2, 0) is 9.53 Å². The maximum absolute atomic E-state index is 8.81. The first-order chi connectivity index (χ1) is 6.74. The number of hydrogen-bond acceptors (Lipinski definition) is 2. The molecule has 90 valence electrons. The zero-order valence-corrected chi connectivity index (χ0v) is 11.1. The number of carbonyl (C=O) groups is 1. The minimum Gasteiger partial charge on any atom is -0.379 e. The third-order valence-corrected chi connectivity index (χ3v) is 1.11. The van der Waals surface area contributed by atoms with Gasteiger partial charge in [-0.15, -0.1) is 6.58 Å². The maximum Gasteiger partial charge on any atom is 0.116 e. The largest absolute Gasteiger partial charge is 0.379 e. The molecule has 0 aromatic heterocycles. The standard InChI is InChI=1S/C6H10.C5H12O.C2H4O/c1-4-5-6(2)3;1-5(2,3)6-4;1-2-3/h4H,1-2,5H2,3H3;1-4H3;2H,1H3. The average molecular weight is 214 g/mol. The molecule has 0 bridgehead atoms. The van der Waals surface area contributed by atoms with E-state index in [1.54, 1.807) is 7.11 Å². The molecule has 0 spiro atoms. The van der Waals surface area contributed by atoms with Gasteiger partial charge in [0.2, 0.25) is 0 Å². The van der Waals surface area contributed by atoms with Crippen molar-refractivity contribution in [2.75, 3.05) is 7.11 Å². The van der Waals surface area contributed by atoms with Crippen molar-refractivity contribution >= 4 is 6.29 Å². The monoisotopic (exact) mass is 214 g/mol. The highest BCUT2D eigenvalue weighted by atomic mass is 16.5. The number of hydrogen-bond donors (Lipinski definition) is 0. The molecule has 0 aliphatic rings. The van der Waals surface area contributed by atoms with Gasteiger partial charge < -0.3 is 9.53 Å². The smallest absolute Gasteiger partial charge is 0.116 e. The predicted molar refractivity (Wildman–Crippen MR) is 68.1 cm³/mol. The van der Waals surface area contributed by atoms with Crippen LogP contribution in [0.15, 0.2) is 24.8 Å². The van der Waals surface area contributed by atoms with Crippen LogP contribution in [0.2, 0.25) is 0 Å². The molecule has 0 fully saturated rings. The Balaban J connectivity index is -0.000000153. The van der Waals surface area contributed by atoms with Crippen LogP contribution in [0.25, 0.3) is 0 Å². The topological polar surface area (TPSA) is 26.3 Å². The molecule has 0 N–H and O–H groups in total. The Hall–Kier alpha value is -0.890. The van der Waals surface area contributed by atoms with Gasteiger partial charge in [0, 0.05) is 7.11 Å². The van der Waals surface area contributed by atoms with Crippen LogP contribution in [0.5, 0.6) is 0 Å².